The Labute approximate surface area is 151 Å². The lowest BCUT2D eigenvalue weighted by molar-refractivity contribution is -0.133. The summed E-state index contributed by atoms with van der Waals surface area (Å²) >= 11 is 1.35. The number of thioether (sulfide) groups is 1. The molecule has 0 saturated heterocycles. The number of rotatable bonds is 8. The Kier molecular flexibility index (Phi) is 5.76. The quantitative estimate of drug-likeness (QED) is 0.747. The Morgan fingerprint density at radius 1 is 1.12 bits per heavy atom. The smallest absolute Gasteiger partial charge is 0.313 e. The van der Waals surface area contributed by atoms with Crippen molar-refractivity contribution < 1.29 is 14.7 Å². The van der Waals surface area contributed by atoms with Crippen molar-refractivity contribution in [2.24, 2.45) is 5.92 Å². The van der Waals surface area contributed by atoms with E-state index in [4.69, 9.17) is 5.11 Å². The first-order valence-corrected chi connectivity index (χ1v) is 9.50. The van der Waals surface area contributed by atoms with E-state index in [1.54, 1.807) is 0 Å². The second-order valence-corrected chi connectivity index (χ2v) is 7.34. The zero-order chi connectivity index (χ0) is 17.6. The second kappa shape index (κ2) is 8.21. The van der Waals surface area contributed by atoms with Crippen molar-refractivity contribution in [2.75, 3.05) is 11.1 Å². The molecule has 25 heavy (non-hydrogen) atoms. The molecule has 1 amide bonds. The van der Waals surface area contributed by atoms with Crippen molar-refractivity contribution in [3.63, 3.8) is 0 Å². The second-order valence-electron chi connectivity index (χ2n) is 6.35. The molecule has 0 radical (unpaired) electrons. The van der Waals surface area contributed by atoms with E-state index in [0.717, 1.165) is 17.7 Å². The van der Waals surface area contributed by atoms with E-state index in [2.05, 4.69) is 17.4 Å². The van der Waals surface area contributed by atoms with Gasteiger partial charge in [0, 0.05) is 17.9 Å². The number of anilines is 1. The Morgan fingerprint density at radius 2 is 1.92 bits per heavy atom. The highest BCUT2D eigenvalue weighted by molar-refractivity contribution is 7.99. The van der Waals surface area contributed by atoms with Crippen molar-refractivity contribution in [3.05, 3.63) is 65.7 Å². The molecule has 2 atom stereocenters. The van der Waals surface area contributed by atoms with Crippen LogP contribution in [0.1, 0.15) is 29.9 Å². The average molecular weight is 355 g/mol. The van der Waals surface area contributed by atoms with Crippen molar-refractivity contribution >= 4 is 29.3 Å². The number of carboxylic acids is 1. The molecule has 130 valence electrons. The number of benzene rings is 2. The van der Waals surface area contributed by atoms with E-state index >= 15 is 0 Å². The fraction of sp³-hybridized carbons (Fsp3) is 0.300. The SMILES string of the molecule is O=C(O)CSCc1cccc(NC(=O)C[C@@H]2C[C@H]2c2ccccc2)c1. The van der Waals surface area contributed by atoms with Gasteiger partial charge in [-0.1, -0.05) is 42.5 Å². The molecule has 2 aromatic carbocycles. The molecule has 1 aliphatic rings. The van der Waals surface area contributed by atoms with Crippen LogP contribution >= 0.6 is 11.8 Å². The summed E-state index contributed by atoms with van der Waals surface area (Å²) in [5.41, 5.74) is 3.10. The maximum Gasteiger partial charge on any atom is 0.313 e. The summed E-state index contributed by atoms with van der Waals surface area (Å²) in [6.45, 7) is 0. The first kappa shape index (κ1) is 17.5. The molecule has 0 bridgehead atoms. The van der Waals surface area contributed by atoms with Gasteiger partial charge in [0.25, 0.3) is 0 Å². The van der Waals surface area contributed by atoms with E-state index in [9.17, 15) is 9.59 Å². The van der Waals surface area contributed by atoms with E-state index in [1.807, 2.05) is 42.5 Å². The number of carboxylic acid groups (broad SMARTS) is 1. The summed E-state index contributed by atoms with van der Waals surface area (Å²) in [5.74, 6) is 0.862. The number of hydrogen-bond donors (Lipinski definition) is 2. The molecule has 0 aromatic heterocycles. The lowest BCUT2D eigenvalue weighted by Crippen LogP contribution is -2.12. The molecule has 0 unspecified atom stereocenters. The molecule has 1 fully saturated rings. The summed E-state index contributed by atoms with van der Waals surface area (Å²) in [4.78, 5) is 22.8. The minimum Gasteiger partial charge on any atom is -0.481 e. The largest absolute Gasteiger partial charge is 0.481 e. The van der Waals surface area contributed by atoms with Crippen LogP contribution < -0.4 is 5.32 Å². The molecule has 4 nitrogen and oxygen atoms in total. The molecular formula is C20H21NO3S. The van der Waals surface area contributed by atoms with Crippen LogP contribution in [0.4, 0.5) is 5.69 Å². The van der Waals surface area contributed by atoms with Gasteiger partial charge in [0.15, 0.2) is 0 Å². The highest BCUT2D eigenvalue weighted by Gasteiger charge is 2.39. The molecule has 0 heterocycles. The van der Waals surface area contributed by atoms with Gasteiger partial charge in [-0.3, -0.25) is 9.59 Å². The first-order chi connectivity index (χ1) is 12.1. The summed E-state index contributed by atoms with van der Waals surface area (Å²) in [5, 5.41) is 11.6. The summed E-state index contributed by atoms with van der Waals surface area (Å²) in [7, 11) is 0. The van der Waals surface area contributed by atoms with Crippen LogP contribution in [-0.2, 0) is 15.3 Å². The fourth-order valence-electron chi connectivity index (χ4n) is 3.03. The van der Waals surface area contributed by atoms with Crippen LogP contribution in [0, 0.1) is 5.92 Å². The minimum absolute atomic E-state index is 0.0405. The minimum atomic E-state index is -0.813. The van der Waals surface area contributed by atoms with E-state index in [1.165, 1.54) is 17.3 Å². The van der Waals surface area contributed by atoms with Crippen LogP contribution in [-0.4, -0.2) is 22.7 Å². The van der Waals surface area contributed by atoms with Crippen LogP contribution in [0.5, 0.6) is 0 Å². The molecule has 1 saturated carbocycles. The predicted molar refractivity (Wildman–Crippen MR) is 101 cm³/mol. The van der Waals surface area contributed by atoms with Gasteiger partial charge in [0.05, 0.1) is 5.75 Å². The van der Waals surface area contributed by atoms with Crippen molar-refractivity contribution in [3.8, 4) is 0 Å². The van der Waals surface area contributed by atoms with Gasteiger partial charge in [-0.25, -0.2) is 0 Å². The molecule has 0 spiro atoms. The Bertz CT molecular complexity index is 748. The maximum atomic E-state index is 12.3. The molecular weight excluding hydrogens is 334 g/mol. The molecule has 2 N–H and O–H groups in total. The average Bonchev–Trinajstić information content (AvgIpc) is 3.34. The molecule has 2 aromatic rings. The monoisotopic (exact) mass is 355 g/mol. The fourth-order valence-corrected chi connectivity index (χ4v) is 3.72. The van der Waals surface area contributed by atoms with Crippen LogP contribution in [0.15, 0.2) is 54.6 Å². The van der Waals surface area contributed by atoms with E-state index < -0.39 is 5.97 Å². The number of hydrogen-bond acceptors (Lipinski definition) is 3. The van der Waals surface area contributed by atoms with Gasteiger partial charge >= 0.3 is 5.97 Å². The highest BCUT2D eigenvalue weighted by Crippen LogP contribution is 2.49. The Morgan fingerprint density at radius 3 is 2.68 bits per heavy atom. The van der Waals surface area contributed by atoms with Gasteiger partial charge in [-0.05, 0) is 41.5 Å². The molecule has 0 aliphatic heterocycles. The molecule has 5 heteroatoms. The zero-order valence-electron chi connectivity index (χ0n) is 13.9. The number of amides is 1. The third kappa shape index (κ3) is 5.36. The van der Waals surface area contributed by atoms with Crippen molar-refractivity contribution in [2.45, 2.75) is 24.5 Å². The Balaban J connectivity index is 1.48. The number of nitrogens with one attached hydrogen (secondary N) is 1. The Hall–Kier alpha value is -2.27. The lowest BCUT2D eigenvalue weighted by Gasteiger charge is -2.07. The predicted octanol–water partition coefficient (Wildman–Crippen LogP) is 4.14. The summed E-state index contributed by atoms with van der Waals surface area (Å²) in [6, 6.07) is 17.9. The third-order valence-corrected chi connectivity index (χ3v) is 5.29. The number of carbonyl (C=O) groups excluding carboxylic acids is 1. The lowest BCUT2D eigenvalue weighted by atomic mass is 10.1. The van der Waals surface area contributed by atoms with E-state index in [0.29, 0.717) is 24.0 Å². The highest BCUT2D eigenvalue weighted by atomic mass is 32.2. The van der Waals surface area contributed by atoms with Gasteiger partial charge in [0.1, 0.15) is 0 Å². The summed E-state index contributed by atoms with van der Waals surface area (Å²) in [6.07, 6.45) is 1.61. The maximum absolute atomic E-state index is 12.3. The normalized spacial score (nSPS) is 18.6. The molecule has 3 rings (SSSR count). The van der Waals surface area contributed by atoms with Gasteiger partial charge in [0.2, 0.25) is 5.91 Å². The van der Waals surface area contributed by atoms with Crippen LogP contribution in [0.3, 0.4) is 0 Å². The number of aliphatic carboxylic acids is 1. The van der Waals surface area contributed by atoms with E-state index in [-0.39, 0.29) is 11.7 Å². The number of carbonyl (C=O) groups is 2. The van der Waals surface area contributed by atoms with Gasteiger partial charge < -0.3 is 10.4 Å². The van der Waals surface area contributed by atoms with Gasteiger partial charge in [-0.15, -0.1) is 11.8 Å². The van der Waals surface area contributed by atoms with Crippen molar-refractivity contribution in [1.82, 2.24) is 0 Å². The van der Waals surface area contributed by atoms with Crippen LogP contribution in [0.25, 0.3) is 0 Å². The standard InChI is InChI=1S/C20H21NO3S/c22-19(11-16-10-18(16)15-6-2-1-3-7-15)21-17-8-4-5-14(9-17)12-25-13-20(23)24/h1-9,16,18H,10-13H2,(H,21,22)(H,23,24)/t16-,18-/m0/s1. The van der Waals surface area contributed by atoms with Gasteiger partial charge in [-0.2, -0.15) is 0 Å². The molecule has 1 aliphatic carbocycles. The van der Waals surface area contributed by atoms with Crippen LogP contribution in [0.2, 0.25) is 0 Å². The topological polar surface area (TPSA) is 66.4 Å². The first-order valence-electron chi connectivity index (χ1n) is 8.35. The van der Waals surface area contributed by atoms with Crippen molar-refractivity contribution in [1.29, 1.82) is 0 Å². The summed E-state index contributed by atoms with van der Waals surface area (Å²) < 4.78 is 0. The zero-order valence-corrected chi connectivity index (χ0v) is 14.7. The third-order valence-electron chi connectivity index (χ3n) is 4.30.